The number of hydrogen-bond acceptors (Lipinski definition) is 14. The van der Waals surface area contributed by atoms with Crippen LogP contribution in [-0.2, 0) is 54.4 Å². The summed E-state index contributed by atoms with van der Waals surface area (Å²) in [5.41, 5.74) is 17.4. The number of nitrogens with two attached hydrogens (primary N) is 3. The van der Waals surface area contributed by atoms with Gasteiger partial charge < -0.3 is 69.2 Å². The highest BCUT2D eigenvalue weighted by Crippen LogP contribution is 2.24. The largest absolute Gasteiger partial charge is 0.481 e. The highest BCUT2D eigenvalue weighted by Gasteiger charge is 2.40. The van der Waals surface area contributed by atoms with Gasteiger partial charge in [0.05, 0.1) is 19.4 Å². The topological polar surface area (TPSA) is 393 Å². The van der Waals surface area contributed by atoms with E-state index in [4.69, 9.17) is 22.3 Å². The van der Waals surface area contributed by atoms with Gasteiger partial charge in [0.15, 0.2) is 5.96 Å². The number of H-pyrrole nitrogens is 1. The predicted molar refractivity (Wildman–Crippen MR) is 257 cm³/mol. The van der Waals surface area contributed by atoms with E-state index in [0.29, 0.717) is 41.7 Å². The molecule has 1 fully saturated rings. The third kappa shape index (κ3) is 19.2. The fourth-order valence-corrected chi connectivity index (χ4v) is 9.12. The zero-order valence-electron chi connectivity index (χ0n) is 37.3. The number of likely N-dealkylation sites (tertiary alicyclic amines) is 1. The molecule has 0 unspecified atom stereocenters. The average Bonchev–Trinajstić information content (AvgIpc) is 3.95. The summed E-state index contributed by atoms with van der Waals surface area (Å²) in [5, 5.41) is 34.2. The number of aromatic nitrogens is 1. The van der Waals surface area contributed by atoms with Crippen molar-refractivity contribution in [3.63, 3.8) is 0 Å². The minimum absolute atomic E-state index is 0.000649. The fraction of sp³-hybridized carbons (Fsp3) is 0.537. The van der Waals surface area contributed by atoms with Crippen LogP contribution in [0.1, 0.15) is 63.9 Å². The van der Waals surface area contributed by atoms with Crippen molar-refractivity contribution in [3.05, 3.63) is 36.0 Å². The number of guanidine groups is 1. The summed E-state index contributed by atoms with van der Waals surface area (Å²) in [4.78, 5) is 137. The Bertz CT molecular complexity index is 2160. The maximum Gasteiger partial charge on any atom is 0.305 e. The van der Waals surface area contributed by atoms with Crippen LogP contribution in [0.2, 0.25) is 0 Å². The van der Waals surface area contributed by atoms with Crippen molar-refractivity contribution in [2.24, 2.45) is 22.2 Å². The van der Waals surface area contributed by atoms with Gasteiger partial charge >= 0.3 is 11.9 Å². The highest BCUT2D eigenvalue weighted by molar-refractivity contribution is 8.76. The molecule has 2 heterocycles. The number of aromatic amines is 1. The second kappa shape index (κ2) is 28.8. The molecule has 0 saturated carbocycles. The first-order valence-corrected chi connectivity index (χ1v) is 24.7. The van der Waals surface area contributed by atoms with E-state index in [1.807, 2.05) is 0 Å². The Labute approximate surface area is 404 Å². The molecule has 2 aromatic rings. The van der Waals surface area contributed by atoms with Crippen molar-refractivity contribution < 1.29 is 58.2 Å². The maximum atomic E-state index is 14.4. The van der Waals surface area contributed by atoms with Gasteiger partial charge in [0, 0.05) is 60.3 Å². The second-order valence-corrected chi connectivity index (χ2v) is 18.7. The smallest absolute Gasteiger partial charge is 0.305 e. The molecule has 0 aliphatic carbocycles. The molecule has 0 bridgehead atoms. The first kappa shape index (κ1) is 56.1. The number of aliphatic carboxylic acids is 2. The van der Waals surface area contributed by atoms with Crippen molar-refractivity contribution in [3.8, 4) is 0 Å². The van der Waals surface area contributed by atoms with Gasteiger partial charge in [-0.25, -0.2) is 0 Å². The summed E-state index contributed by atoms with van der Waals surface area (Å²) in [7, 11) is 2.58. The lowest BCUT2D eigenvalue weighted by molar-refractivity contribution is -0.143. The number of para-hydroxylation sites is 1. The van der Waals surface area contributed by atoms with Gasteiger partial charge in [0.2, 0.25) is 47.3 Å². The average molecular weight is 1010 g/mol. The van der Waals surface area contributed by atoms with Crippen LogP contribution in [0, 0.1) is 0 Å². The minimum Gasteiger partial charge on any atom is -0.481 e. The van der Waals surface area contributed by atoms with Crippen LogP contribution in [0.3, 0.4) is 0 Å². The molecule has 1 aromatic carbocycles. The molecule has 0 spiro atoms. The monoisotopic (exact) mass is 1010 g/mol. The minimum atomic E-state index is -1.76. The number of thiol groups is 1. The number of nitrogens with one attached hydrogen (secondary N) is 7. The van der Waals surface area contributed by atoms with E-state index >= 15 is 0 Å². The lowest BCUT2D eigenvalue weighted by Crippen LogP contribution is -2.59. The van der Waals surface area contributed by atoms with Gasteiger partial charge in [-0.2, -0.15) is 12.6 Å². The molecule has 3 rings (SSSR count). The van der Waals surface area contributed by atoms with Crippen LogP contribution >= 0.6 is 34.2 Å². The molecule has 6 atom stereocenters. The number of fused-ring (bicyclic) bond motifs is 1. The molecule has 374 valence electrons. The number of amides is 8. The first-order chi connectivity index (χ1) is 32.3. The Morgan fingerprint density at radius 2 is 1.50 bits per heavy atom. The van der Waals surface area contributed by atoms with Gasteiger partial charge in [-0.3, -0.25) is 52.9 Å². The van der Waals surface area contributed by atoms with E-state index in [0.717, 1.165) is 5.52 Å². The molecule has 1 aliphatic heterocycles. The molecule has 1 saturated heterocycles. The normalized spacial score (nSPS) is 15.4. The van der Waals surface area contributed by atoms with Crippen LogP contribution in [0.5, 0.6) is 0 Å². The number of nitrogens with zero attached hydrogens (tertiary/aromatic N) is 2. The molecule has 27 heteroatoms. The summed E-state index contributed by atoms with van der Waals surface area (Å²) in [6.07, 6.45) is 2.05. The Morgan fingerprint density at radius 3 is 2.16 bits per heavy atom. The fourth-order valence-electron chi connectivity index (χ4n) is 6.88. The molecule has 1 aromatic heterocycles. The lowest BCUT2D eigenvalue weighted by Gasteiger charge is -2.30. The number of carbonyl (C=O) groups excluding carboxylic acids is 8. The van der Waals surface area contributed by atoms with E-state index in [1.54, 1.807) is 30.5 Å². The number of primary amides is 1. The summed E-state index contributed by atoms with van der Waals surface area (Å²) in [6.45, 7) is 0.973. The highest BCUT2D eigenvalue weighted by atomic mass is 33.1. The van der Waals surface area contributed by atoms with E-state index in [1.165, 1.54) is 33.4 Å². The predicted octanol–water partition coefficient (Wildman–Crippen LogP) is -2.16. The van der Waals surface area contributed by atoms with Crippen molar-refractivity contribution in [1.82, 2.24) is 41.8 Å². The number of carboxylic acids is 2. The number of aliphatic imine (C=N–C) groups is 1. The summed E-state index contributed by atoms with van der Waals surface area (Å²) in [5.74, 6) is -8.20. The lowest BCUT2D eigenvalue weighted by atomic mass is 10.0. The number of unbranched alkanes of at least 4 members (excludes halogenated alkanes) is 1. The zero-order valence-corrected chi connectivity index (χ0v) is 39.9. The third-order valence-corrected chi connectivity index (χ3v) is 13.1. The van der Waals surface area contributed by atoms with Gasteiger partial charge in [0.25, 0.3) is 0 Å². The van der Waals surface area contributed by atoms with E-state index in [9.17, 15) is 53.1 Å². The van der Waals surface area contributed by atoms with Gasteiger partial charge in [-0.1, -0.05) is 39.8 Å². The van der Waals surface area contributed by atoms with Crippen molar-refractivity contribution >= 4 is 110 Å². The number of carboxylic acid groups (broad SMARTS) is 2. The Kier molecular flexibility index (Phi) is 23.8. The number of rotatable bonds is 30. The van der Waals surface area contributed by atoms with E-state index in [-0.39, 0.29) is 56.9 Å². The van der Waals surface area contributed by atoms with Crippen LogP contribution in [0.4, 0.5) is 0 Å². The Hall–Kier alpha value is -6.22. The number of carbonyl (C=O) groups is 10. The molecular weight excluding hydrogens is 949 g/mol. The van der Waals surface area contributed by atoms with Crippen molar-refractivity contribution in [1.29, 1.82) is 0 Å². The van der Waals surface area contributed by atoms with Crippen molar-refractivity contribution in [2.75, 3.05) is 36.9 Å². The van der Waals surface area contributed by atoms with Gasteiger partial charge in [-0.15, -0.1) is 0 Å². The standard InChI is InChI=1S/C41H60N12O12S3/c1-22(36(61)52-29(21-66)35(42)60)48-39(64)30-10-6-14-53(30)40(65)28(17-23-19-46-25-8-3-2-7-24(23)25)51-38(63)27(18-34(58)59)50-32(55)20-47-37(62)26(9-4-5-13-45-41(43)44)49-31(54)11-15-67-68-16-12-33(56)57/h2-3,7-8,19,22,26-30,46,66H,4-6,9-18,20-21H2,1H3,(H2,42,60)(H,47,62)(H,48,64)(H,49,54)(H,50,55)(H,51,63)(H,52,61)(H,56,57)(H,58,59)(H4,43,44,45)/t22-,26+,27+,28+,29+,30+/m1/s1. The van der Waals surface area contributed by atoms with Crippen LogP contribution < -0.4 is 49.1 Å². The molecule has 1 aliphatic rings. The van der Waals surface area contributed by atoms with Crippen LogP contribution in [0.15, 0.2) is 35.5 Å². The molecular formula is C41H60N12O12S3. The molecule has 15 N–H and O–H groups in total. The second-order valence-electron chi connectivity index (χ2n) is 15.6. The first-order valence-electron chi connectivity index (χ1n) is 21.6. The Balaban J connectivity index is 1.75. The van der Waals surface area contributed by atoms with Crippen LogP contribution in [-0.4, -0.2) is 158 Å². The summed E-state index contributed by atoms with van der Waals surface area (Å²) in [6, 6.07) is -0.477. The number of benzene rings is 1. The maximum absolute atomic E-state index is 14.4. The van der Waals surface area contributed by atoms with Crippen LogP contribution in [0.25, 0.3) is 10.9 Å². The third-order valence-electron chi connectivity index (χ3n) is 10.3. The van der Waals surface area contributed by atoms with Gasteiger partial charge in [0.1, 0.15) is 36.3 Å². The quantitative estimate of drug-likeness (QED) is 0.0130. The molecule has 0 radical (unpaired) electrons. The zero-order chi connectivity index (χ0) is 50.3. The Morgan fingerprint density at radius 1 is 0.824 bits per heavy atom. The van der Waals surface area contributed by atoms with E-state index in [2.05, 4.69) is 54.5 Å². The SMILES string of the molecule is C[C@@H](NC(=O)[C@@H]1CCCN1C(=O)[C@H](Cc1c[nH]c2ccccc12)NC(=O)[C@H](CC(=O)O)NC(=O)CNC(=O)[C@H](CCCCN=C(N)N)NC(=O)CCSSCCC(=O)O)C(=O)N[C@@H](CS)C(N)=O. The summed E-state index contributed by atoms with van der Waals surface area (Å²) < 4.78 is 0. The molecule has 68 heavy (non-hydrogen) atoms. The van der Waals surface area contributed by atoms with Gasteiger partial charge in [-0.05, 0) is 50.7 Å². The summed E-state index contributed by atoms with van der Waals surface area (Å²) >= 11 is 4.01. The van der Waals surface area contributed by atoms with E-state index < -0.39 is 108 Å². The molecule has 24 nitrogen and oxygen atoms in total. The molecule has 8 amide bonds. The number of hydrogen-bond donors (Lipinski definition) is 13. The van der Waals surface area contributed by atoms with Crippen molar-refractivity contribution in [2.45, 2.75) is 101 Å².